The molecular formula is C19H25N3O3. The Hall–Kier alpha value is -2.24. The zero-order valence-corrected chi connectivity index (χ0v) is 14.5. The Morgan fingerprint density at radius 2 is 1.48 bits per heavy atom. The maximum Gasteiger partial charge on any atom is 0.411 e. The number of carbonyl (C=O) groups is 2. The average Bonchev–Trinajstić information content (AvgIpc) is 2.80. The average molecular weight is 343 g/mol. The van der Waals surface area contributed by atoms with Crippen LogP contribution in [0.2, 0.25) is 0 Å². The number of nitrogens with one attached hydrogen (secondary N) is 2. The molecule has 6 nitrogen and oxygen atoms in total. The molecule has 4 fully saturated rings. The molecule has 5 rings (SSSR count). The largest absolute Gasteiger partial charge is 0.453 e. The zero-order chi connectivity index (χ0) is 17.4. The molecule has 0 spiro atoms. The number of nitrogens with zero attached hydrogens (tertiary/aromatic N) is 1. The molecule has 134 valence electrons. The van der Waals surface area contributed by atoms with Crippen molar-refractivity contribution in [2.75, 3.05) is 24.3 Å². The number of carbonyl (C=O) groups excluding carboxylic acids is 2. The number of fused-ring (bicyclic) bond motifs is 1. The Kier molecular flexibility index (Phi) is 4.27. The van der Waals surface area contributed by atoms with E-state index in [9.17, 15) is 9.59 Å². The smallest absolute Gasteiger partial charge is 0.411 e. The molecule has 2 unspecified atom stereocenters. The number of hydrogen-bond acceptors (Lipinski definition) is 3. The molecule has 2 aliphatic heterocycles. The molecule has 2 saturated heterocycles. The second-order valence-corrected chi connectivity index (χ2v) is 7.71. The lowest BCUT2D eigenvalue weighted by Gasteiger charge is -2.38. The van der Waals surface area contributed by atoms with Crippen molar-refractivity contribution in [1.82, 2.24) is 4.90 Å². The van der Waals surface area contributed by atoms with E-state index < -0.39 is 6.09 Å². The van der Waals surface area contributed by atoms with Crippen LogP contribution in [0, 0.1) is 17.8 Å². The van der Waals surface area contributed by atoms with Crippen LogP contribution in [0.15, 0.2) is 24.3 Å². The van der Waals surface area contributed by atoms with Crippen molar-refractivity contribution < 1.29 is 14.3 Å². The van der Waals surface area contributed by atoms with Crippen LogP contribution in [0.1, 0.15) is 32.1 Å². The highest BCUT2D eigenvalue weighted by Crippen LogP contribution is 2.47. The summed E-state index contributed by atoms with van der Waals surface area (Å²) in [5.41, 5.74) is 1.37. The summed E-state index contributed by atoms with van der Waals surface area (Å²) in [7, 11) is 1.32. The van der Waals surface area contributed by atoms with E-state index in [4.69, 9.17) is 0 Å². The molecule has 4 atom stereocenters. The van der Waals surface area contributed by atoms with Gasteiger partial charge in [-0.1, -0.05) is 0 Å². The van der Waals surface area contributed by atoms with Gasteiger partial charge >= 0.3 is 12.1 Å². The first kappa shape index (κ1) is 16.2. The van der Waals surface area contributed by atoms with Gasteiger partial charge in [-0.2, -0.15) is 0 Å². The van der Waals surface area contributed by atoms with Gasteiger partial charge in [-0.15, -0.1) is 0 Å². The number of amides is 3. The minimum atomic E-state index is -0.507. The number of benzene rings is 1. The number of hydrogen-bond donors (Lipinski definition) is 2. The molecule has 25 heavy (non-hydrogen) atoms. The Balaban J connectivity index is 1.41. The van der Waals surface area contributed by atoms with Gasteiger partial charge in [0.05, 0.1) is 7.11 Å². The van der Waals surface area contributed by atoms with Crippen molar-refractivity contribution >= 4 is 23.5 Å². The van der Waals surface area contributed by atoms with Crippen LogP contribution in [0.25, 0.3) is 0 Å². The molecule has 6 heteroatoms. The van der Waals surface area contributed by atoms with E-state index in [0.29, 0.717) is 17.6 Å². The van der Waals surface area contributed by atoms with Crippen LogP contribution in [0.5, 0.6) is 0 Å². The van der Waals surface area contributed by atoms with Gasteiger partial charge in [0.2, 0.25) is 0 Å². The molecule has 4 aliphatic rings. The van der Waals surface area contributed by atoms with E-state index in [1.165, 1.54) is 39.2 Å². The van der Waals surface area contributed by atoms with Crippen molar-refractivity contribution in [1.29, 1.82) is 0 Å². The highest BCUT2D eigenvalue weighted by molar-refractivity contribution is 5.90. The maximum atomic E-state index is 12.8. The van der Waals surface area contributed by atoms with Crippen LogP contribution in [-0.2, 0) is 4.74 Å². The summed E-state index contributed by atoms with van der Waals surface area (Å²) in [5.74, 6) is 2.32. The lowest BCUT2D eigenvalue weighted by Crippen LogP contribution is -2.44. The molecule has 3 amide bonds. The van der Waals surface area contributed by atoms with Gasteiger partial charge in [-0.3, -0.25) is 5.32 Å². The lowest BCUT2D eigenvalue weighted by molar-refractivity contribution is 0.136. The van der Waals surface area contributed by atoms with E-state index in [0.717, 1.165) is 24.1 Å². The van der Waals surface area contributed by atoms with Crippen molar-refractivity contribution in [3.63, 3.8) is 0 Å². The summed E-state index contributed by atoms with van der Waals surface area (Å²) >= 11 is 0. The molecule has 1 aromatic carbocycles. The van der Waals surface area contributed by atoms with Crippen LogP contribution >= 0.6 is 0 Å². The van der Waals surface area contributed by atoms with Crippen LogP contribution in [0.3, 0.4) is 0 Å². The fourth-order valence-corrected chi connectivity index (χ4v) is 5.03. The highest BCUT2D eigenvalue weighted by atomic mass is 16.5. The first-order valence-electron chi connectivity index (χ1n) is 9.13. The van der Waals surface area contributed by atoms with Crippen molar-refractivity contribution in [3.8, 4) is 0 Å². The molecule has 4 bridgehead atoms. The van der Waals surface area contributed by atoms with Gasteiger partial charge in [0, 0.05) is 24.0 Å². The number of urea groups is 1. The summed E-state index contributed by atoms with van der Waals surface area (Å²) in [6, 6.07) is 7.50. The van der Waals surface area contributed by atoms with Crippen molar-refractivity contribution in [2.24, 2.45) is 17.8 Å². The van der Waals surface area contributed by atoms with Gasteiger partial charge in [0.25, 0.3) is 0 Å². The monoisotopic (exact) mass is 343 g/mol. The zero-order valence-electron chi connectivity index (χ0n) is 14.5. The normalized spacial score (nSPS) is 29.9. The van der Waals surface area contributed by atoms with E-state index in [2.05, 4.69) is 20.3 Å². The third kappa shape index (κ3) is 3.43. The predicted octanol–water partition coefficient (Wildman–Crippen LogP) is 3.91. The summed E-state index contributed by atoms with van der Waals surface area (Å²) in [5, 5.41) is 5.62. The van der Waals surface area contributed by atoms with Gasteiger partial charge in [-0.05, 0) is 74.1 Å². The Bertz CT molecular complexity index is 646. The SMILES string of the molecule is COC(=O)Nc1ccc(NC(=O)N2CC3C[C@@H]4CC2C[C@H](C3)C4)cc1. The van der Waals surface area contributed by atoms with Crippen LogP contribution < -0.4 is 10.6 Å². The molecule has 1 aromatic rings. The Morgan fingerprint density at radius 1 is 0.920 bits per heavy atom. The summed E-state index contributed by atoms with van der Waals surface area (Å²) in [6.07, 6.45) is 5.80. The standard InChI is InChI=1S/C19H25N3O3/c1-25-19(24)21-16-4-2-15(3-5-16)20-18(23)22-11-14-7-12-6-13(8-14)10-17(22)9-12/h2-5,12-14,17H,6-11H2,1H3,(H,20,23)(H,21,24)/t12-,13+,14?,17?. The van der Waals surface area contributed by atoms with Gasteiger partial charge in [0.15, 0.2) is 0 Å². The predicted molar refractivity (Wildman–Crippen MR) is 95.5 cm³/mol. The summed E-state index contributed by atoms with van der Waals surface area (Å²) in [4.78, 5) is 26.1. The summed E-state index contributed by atoms with van der Waals surface area (Å²) in [6.45, 7) is 0.894. The number of anilines is 2. The minimum Gasteiger partial charge on any atom is -0.453 e. The Labute approximate surface area is 147 Å². The third-order valence-corrected chi connectivity index (χ3v) is 5.94. The van der Waals surface area contributed by atoms with Crippen LogP contribution in [-0.4, -0.2) is 36.7 Å². The lowest BCUT2D eigenvalue weighted by atomic mass is 9.68. The fourth-order valence-electron chi connectivity index (χ4n) is 5.03. The van der Waals surface area contributed by atoms with E-state index >= 15 is 0 Å². The fraction of sp³-hybridized carbons (Fsp3) is 0.579. The molecule has 2 saturated carbocycles. The van der Waals surface area contributed by atoms with Gasteiger partial charge < -0.3 is 15.0 Å². The molecule has 0 aromatic heterocycles. The molecule has 0 radical (unpaired) electrons. The number of ether oxygens (including phenoxy) is 1. The topological polar surface area (TPSA) is 70.7 Å². The Morgan fingerprint density at radius 3 is 2.08 bits per heavy atom. The van der Waals surface area contributed by atoms with Gasteiger partial charge in [-0.25, -0.2) is 9.59 Å². The first-order chi connectivity index (χ1) is 12.1. The minimum absolute atomic E-state index is 0.00637. The van der Waals surface area contributed by atoms with E-state index in [1.54, 1.807) is 24.3 Å². The van der Waals surface area contributed by atoms with Crippen molar-refractivity contribution in [3.05, 3.63) is 24.3 Å². The van der Waals surface area contributed by atoms with Crippen LogP contribution in [0.4, 0.5) is 21.0 Å². The van der Waals surface area contributed by atoms with Gasteiger partial charge in [0.1, 0.15) is 0 Å². The van der Waals surface area contributed by atoms with E-state index in [1.807, 2.05) is 0 Å². The molecule has 2 aliphatic carbocycles. The maximum absolute atomic E-state index is 12.8. The number of rotatable bonds is 2. The number of methoxy groups -OCH3 is 1. The second-order valence-electron chi connectivity index (χ2n) is 7.71. The molecule has 2 heterocycles. The highest BCUT2D eigenvalue weighted by Gasteiger charge is 2.44. The first-order valence-corrected chi connectivity index (χ1v) is 9.13. The van der Waals surface area contributed by atoms with E-state index in [-0.39, 0.29) is 6.03 Å². The van der Waals surface area contributed by atoms with Crippen molar-refractivity contribution in [2.45, 2.75) is 38.1 Å². The molecular weight excluding hydrogens is 318 g/mol. The molecule has 2 N–H and O–H groups in total. The third-order valence-electron chi connectivity index (χ3n) is 5.94. The second kappa shape index (κ2) is 6.58. The quantitative estimate of drug-likeness (QED) is 0.855. The summed E-state index contributed by atoms with van der Waals surface area (Å²) < 4.78 is 4.57.